The number of benzene rings is 1. The molecule has 0 saturated carbocycles. The molecular weight excluding hydrogens is 501 g/mol. The minimum atomic E-state index is -5.19. The zero-order valence-corrected chi connectivity index (χ0v) is 24.2. The minimum absolute atomic E-state index is 0.613. The molecule has 39 heavy (non-hydrogen) atoms. The Morgan fingerprint density at radius 2 is 1.33 bits per heavy atom. The predicted octanol–water partition coefficient (Wildman–Crippen LogP) is 7.83. The van der Waals surface area contributed by atoms with E-state index in [1.54, 1.807) is 0 Å². The van der Waals surface area contributed by atoms with Crippen molar-refractivity contribution in [3.05, 3.63) is 66.0 Å². The molecule has 1 unspecified atom stereocenters. The fraction of sp³-hybridized carbons (Fsp3) is 0.625. The van der Waals surface area contributed by atoms with E-state index in [-0.39, 0.29) is 0 Å². The maximum absolute atomic E-state index is 10.5. The Morgan fingerprint density at radius 1 is 0.821 bits per heavy atom. The van der Waals surface area contributed by atoms with Gasteiger partial charge in [-0.3, -0.25) is 4.98 Å². The highest BCUT2D eigenvalue weighted by Gasteiger charge is 2.28. The number of halogens is 3. The van der Waals surface area contributed by atoms with E-state index in [2.05, 4.69) is 63.5 Å². The Hall–Kier alpha value is -2.41. The molecule has 4 nitrogen and oxygen atoms in total. The predicted molar refractivity (Wildman–Crippen MR) is 151 cm³/mol. The van der Waals surface area contributed by atoms with Crippen LogP contribution >= 0.6 is 0 Å². The van der Waals surface area contributed by atoms with E-state index in [1.807, 2.05) is 12.3 Å². The third-order valence-electron chi connectivity index (χ3n) is 7.01. The number of carbonyl (C=O) groups excluding carboxylic acids is 1. The summed E-state index contributed by atoms with van der Waals surface area (Å²) >= 11 is 0. The fourth-order valence-corrected chi connectivity index (χ4v) is 4.86. The molecule has 2 aromatic rings. The lowest BCUT2D eigenvalue weighted by Gasteiger charge is -2.30. The van der Waals surface area contributed by atoms with Crippen LogP contribution in [0.1, 0.15) is 108 Å². The number of hydrogen-bond acceptors (Lipinski definition) is 3. The van der Waals surface area contributed by atoms with E-state index >= 15 is 0 Å². The lowest BCUT2D eigenvalue weighted by atomic mass is 9.92. The largest absolute Gasteiger partial charge is 0.542 e. The molecule has 0 saturated heterocycles. The van der Waals surface area contributed by atoms with Gasteiger partial charge in [-0.2, -0.15) is 13.2 Å². The average Bonchev–Trinajstić information content (AvgIpc) is 2.89. The standard InChI is InChI=1S/C30H49N2.C2HF3O2/c1-4-5-6-7-8-9-10-11-12-16-22-29(30-24-17-18-25-31-30)23-19-26-32(2,3)27-28-20-14-13-15-21-28;3-2(4,5)1(6)7/h13-15,17-18,20-21,24-25,29H,4-12,16,19,22-23,26-27H2,1-3H3;(H,6,7)/q+1;/p-1. The monoisotopic (exact) mass is 550 g/mol. The molecule has 1 aromatic heterocycles. The Labute approximate surface area is 234 Å². The van der Waals surface area contributed by atoms with Crippen molar-refractivity contribution in [2.45, 2.75) is 109 Å². The van der Waals surface area contributed by atoms with Gasteiger partial charge < -0.3 is 14.4 Å². The SMILES string of the molecule is CCCCCCCCCCCCC(CCC[N+](C)(C)Cc1ccccc1)c1ccccn1.O=C([O-])C(F)(F)F. The maximum atomic E-state index is 10.5. The van der Waals surface area contributed by atoms with Crippen LogP contribution in [-0.2, 0) is 11.3 Å². The van der Waals surface area contributed by atoms with Gasteiger partial charge in [0.25, 0.3) is 0 Å². The zero-order valence-electron chi connectivity index (χ0n) is 24.2. The molecule has 2 rings (SSSR count). The number of nitrogens with zero attached hydrogens (tertiary/aromatic N) is 2. The number of pyridine rings is 1. The quantitative estimate of drug-likeness (QED) is 0.140. The fourth-order valence-electron chi connectivity index (χ4n) is 4.86. The molecule has 0 aliphatic rings. The first-order valence-corrected chi connectivity index (χ1v) is 14.6. The Balaban J connectivity index is 0.000000956. The van der Waals surface area contributed by atoms with Gasteiger partial charge in [-0.25, -0.2) is 0 Å². The molecule has 0 bridgehead atoms. The van der Waals surface area contributed by atoms with Crippen molar-refractivity contribution in [1.29, 1.82) is 0 Å². The van der Waals surface area contributed by atoms with E-state index < -0.39 is 12.1 Å². The topological polar surface area (TPSA) is 53.0 Å². The van der Waals surface area contributed by atoms with Crippen molar-refractivity contribution in [3.8, 4) is 0 Å². The van der Waals surface area contributed by atoms with Gasteiger partial charge in [-0.15, -0.1) is 0 Å². The van der Waals surface area contributed by atoms with Crippen LogP contribution in [-0.4, -0.2) is 42.3 Å². The summed E-state index contributed by atoms with van der Waals surface area (Å²) < 4.78 is 32.6. The van der Waals surface area contributed by atoms with E-state index in [9.17, 15) is 13.2 Å². The van der Waals surface area contributed by atoms with E-state index in [1.165, 1.54) is 101 Å². The van der Waals surface area contributed by atoms with Crippen molar-refractivity contribution in [1.82, 2.24) is 4.98 Å². The Bertz CT molecular complexity index is 874. The second-order valence-corrected chi connectivity index (χ2v) is 11.2. The number of aliphatic carboxylic acids is 1. The number of aromatic nitrogens is 1. The molecule has 0 fully saturated rings. The Morgan fingerprint density at radius 3 is 1.85 bits per heavy atom. The summed E-state index contributed by atoms with van der Waals surface area (Å²) in [6, 6.07) is 17.4. The van der Waals surface area contributed by atoms with Crippen LogP contribution in [0.4, 0.5) is 13.2 Å². The number of rotatable bonds is 18. The normalized spacial score (nSPS) is 12.5. The van der Waals surface area contributed by atoms with Crippen molar-refractivity contribution >= 4 is 5.97 Å². The van der Waals surface area contributed by atoms with Gasteiger partial charge in [-0.05, 0) is 31.4 Å². The van der Waals surface area contributed by atoms with Crippen LogP contribution in [0.2, 0.25) is 0 Å². The van der Waals surface area contributed by atoms with E-state index in [0.717, 1.165) is 11.0 Å². The summed E-state index contributed by atoms with van der Waals surface area (Å²) in [5, 5.41) is 8.78. The van der Waals surface area contributed by atoms with Crippen molar-refractivity contribution in [3.63, 3.8) is 0 Å². The summed E-state index contributed by atoms with van der Waals surface area (Å²) in [6.07, 6.45) is 14.6. The highest BCUT2D eigenvalue weighted by Crippen LogP contribution is 2.27. The highest BCUT2D eigenvalue weighted by atomic mass is 19.4. The second kappa shape index (κ2) is 19.6. The summed E-state index contributed by atoms with van der Waals surface area (Å²) in [7, 11) is 4.73. The van der Waals surface area contributed by atoms with Gasteiger partial charge in [0, 0.05) is 23.4 Å². The van der Waals surface area contributed by atoms with Crippen molar-refractivity contribution in [2.24, 2.45) is 0 Å². The molecule has 0 spiro atoms. The molecule has 220 valence electrons. The summed E-state index contributed by atoms with van der Waals surface area (Å²) in [5.74, 6) is -2.39. The van der Waals surface area contributed by atoms with Crippen LogP contribution in [0, 0.1) is 0 Å². The lowest BCUT2D eigenvalue weighted by molar-refractivity contribution is -0.903. The van der Waals surface area contributed by atoms with Crippen molar-refractivity contribution in [2.75, 3.05) is 20.6 Å². The molecule has 0 amide bonds. The lowest BCUT2D eigenvalue weighted by Crippen LogP contribution is -2.39. The van der Waals surface area contributed by atoms with Gasteiger partial charge in [0.1, 0.15) is 12.5 Å². The third-order valence-corrected chi connectivity index (χ3v) is 7.01. The number of quaternary nitrogens is 1. The zero-order chi connectivity index (χ0) is 29.0. The molecular formula is C32H49F3N2O2. The van der Waals surface area contributed by atoms with Crippen molar-refractivity contribution < 1.29 is 27.6 Å². The number of carboxylic acids is 1. The number of carboxylic acid groups (broad SMARTS) is 1. The number of unbranched alkanes of at least 4 members (excludes halogenated alkanes) is 9. The Kier molecular flexibility index (Phi) is 17.4. The summed E-state index contributed by atoms with van der Waals surface area (Å²) in [6.45, 7) is 4.62. The smallest absolute Gasteiger partial charge is 0.430 e. The highest BCUT2D eigenvalue weighted by molar-refractivity contribution is 5.70. The van der Waals surface area contributed by atoms with Crippen LogP contribution in [0.3, 0.4) is 0 Å². The third kappa shape index (κ3) is 17.7. The van der Waals surface area contributed by atoms with Gasteiger partial charge in [0.15, 0.2) is 0 Å². The van der Waals surface area contributed by atoms with Gasteiger partial charge in [-0.1, -0.05) is 108 Å². The first-order chi connectivity index (χ1) is 18.5. The first kappa shape index (κ1) is 34.6. The molecule has 7 heteroatoms. The van der Waals surface area contributed by atoms with E-state index in [4.69, 9.17) is 14.9 Å². The molecule has 0 N–H and O–H groups in total. The number of hydrogen-bond donors (Lipinski definition) is 0. The molecule has 1 atom stereocenters. The van der Waals surface area contributed by atoms with E-state index in [0.29, 0.717) is 5.92 Å². The first-order valence-electron chi connectivity index (χ1n) is 14.6. The summed E-state index contributed by atoms with van der Waals surface area (Å²) in [5.41, 5.74) is 2.74. The van der Waals surface area contributed by atoms with Crippen LogP contribution in [0.5, 0.6) is 0 Å². The minimum Gasteiger partial charge on any atom is -0.542 e. The van der Waals surface area contributed by atoms with Crippen LogP contribution in [0.15, 0.2) is 54.7 Å². The molecule has 0 aliphatic heterocycles. The average molecular weight is 551 g/mol. The number of carbonyl (C=O) groups is 1. The van der Waals surface area contributed by atoms with Crippen LogP contribution < -0.4 is 5.11 Å². The molecule has 1 heterocycles. The van der Waals surface area contributed by atoms with Gasteiger partial charge >= 0.3 is 6.18 Å². The number of alkyl halides is 3. The summed E-state index contributed by atoms with van der Waals surface area (Å²) in [4.78, 5) is 13.5. The second-order valence-electron chi connectivity index (χ2n) is 11.2. The van der Waals surface area contributed by atoms with Gasteiger partial charge in [0.05, 0.1) is 20.6 Å². The molecule has 0 radical (unpaired) electrons. The van der Waals surface area contributed by atoms with Gasteiger partial charge in [0.2, 0.25) is 0 Å². The maximum Gasteiger partial charge on any atom is 0.430 e. The molecule has 0 aliphatic carbocycles. The molecule has 1 aromatic carbocycles. The van der Waals surface area contributed by atoms with Crippen LogP contribution in [0.25, 0.3) is 0 Å².